The van der Waals surface area contributed by atoms with Crippen LogP contribution in [0.4, 0.5) is 0 Å². The first-order valence-corrected chi connectivity index (χ1v) is 12.3. The van der Waals surface area contributed by atoms with Gasteiger partial charge in [-0.1, -0.05) is 60.7 Å². The molecule has 0 heterocycles. The molecule has 0 bridgehead atoms. The highest BCUT2D eigenvalue weighted by Crippen LogP contribution is 2.22. The minimum atomic E-state index is -4.45. The minimum Gasteiger partial charge on any atom is -0.451 e. The van der Waals surface area contributed by atoms with Crippen molar-refractivity contribution in [1.29, 1.82) is 0 Å². The van der Waals surface area contributed by atoms with E-state index in [1.807, 2.05) is 0 Å². The lowest BCUT2D eigenvalue weighted by atomic mass is 10.1. The number of benzene rings is 3. The van der Waals surface area contributed by atoms with Gasteiger partial charge in [-0.3, -0.25) is 4.18 Å². The van der Waals surface area contributed by atoms with E-state index < -0.39 is 40.4 Å². The van der Waals surface area contributed by atoms with Gasteiger partial charge in [-0.05, 0) is 49.4 Å². The van der Waals surface area contributed by atoms with Gasteiger partial charge >= 0.3 is 11.9 Å². The van der Waals surface area contributed by atoms with Crippen LogP contribution in [-0.4, -0.2) is 45.0 Å². The van der Waals surface area contributed by atoms with E-state index in [-0.39, 0.29) is 22.3 Å². The summed E-state index contributed by atoms with van der Waals surface area (Å²) in [5.41, 5.74) is 1.13. The van der Waals surface area contributed by atoms with Crippen LogP contribution in [-0.2, 0) is 28.6 Å². The Hall–Kier alpha value is -4.08. The lowest BCUT2D eigenvalue weighted by Crippen LogP contribution is -2.45. The van der Waals surface area contributed by atoms with Crippen molar-refractivity contribution in [2.75, 3.05) is 0 Å². The summed E-state index contributed by atoms with van der Waals surface area (Å²) in [6, 6.07) is 21.5. The van der Waals surface area contributed by atoms with Crippen molar-refractivity contribution in [1.82, 2.24) is 0 Å². The Morgan fingerprint density at radius 1 is 0.778 bits per heavy atom. The molecule has 0 radical (unpaired) electrons. The molecule has 8 nitrogen and oxygen atoms in total. The van der Waals surface area contributed by atoms with Gasteiger partial charge in [0, 0.05) is 0 Å². The Balaban J connectivity index is 1.93. The molecule has 0 spiro atoms. The van der Waals surface area contributed by atoms with Crippen LogP contribution >= 0.6 is 0 Å². The maximum absolute atomic E-state index is 12.9. The van der Waals surface area contributed by atoms with E-state index in [0.29, 0.717) is 0 Å². The third-order valence-electron chi connectivity index (χ3n) is 5.07. The molecule has 3 aromatic rings. The van der Waals surface area contributed by atoms with Gasteiger partial charge in [-0.2, -0.15) is 8.42 Å². The van der Waals surface area contributed by atoms with Crippen LogP contribution in [0.3, 0.4) is 0 Å². The normalized spacial score (nSPS) is 13.6. The summed E-state index contributed by atoms with van der Waals surface area (Å²) < 4.78 is 41.8. The number of hydrogen-bond acceptors (Lipinski definition) is 8. The first kappa shape index (κ1) is 26.5. The molecule has 0 saturated carbocycles. The molecule has 0 saturated heterocycles. The fourth-order valence-electron chi connectivity index (χ4n) is 3.16. The molecule has 0 aliphatic rings. The highest BCUT2D eigenvalue weighted by Gasteiger charge is 2.38. The summed E-state index contributed by atoms with van der Waals surface area (Å²) in [6.45, 7) is 5.38. The smallest absolute Gasteiger partial charge is 0.338 e. The van der Waals surface area contributed by atoms with E-state index in [1.165, 1.54) is 36.4 Å². The second kappa shape index (κ2) is 12.1. The van der Waals surface area contributed by atoms with Crippen molar-refractivity contribution in [3.05, 3.63) is 114 Å². The Bertz CT molecular complexity index is 1300. The second-order valence-electron chi connectivity index (χ2n) is 7.67. The van der Waals surface area contributed by atoms with Crippen LogP contribution in [0.5, 0.6) is 0 Å². The molecular weight excluding hydrogens is 484 g/mol. The molecule has 186 valence electrons. The average molecular weight is 509 g/mol. The van der Waals surface area contributed by atoms with Crippen molar-refractivity contribution in [2.45, 2.75) is 30.1 Å². The van der Waals surface area contributed by atoms with Gasteiger partial charge in [-0.25, -0.2) is 9.59 Å². The minimum absolute atomic E-state index is 0.130. The molecule has 0 unspecified atom stereocenters. The van der Waals surface area contributed by atoms with Gasteiger partial charge in [0.15, 0.2) is 24.6 Å². The van der Waals surface area contributed by atoms with E-state index >= 15 is 0 Å². The SMILES string of the molecule is C=C[C@@H](OC(=O)c1ccccc1)[C@H](OC(=O)c1ccccc1)[C@@H](C=O)OS(=O)(=O)c1ccc(C)cc1. The largest absolute Gasteiger partial charge is 0.451 e. The highest BCUT2D eigenvalue weighted by atomic mass is 32.2. The monoisotopic (exact) mass is 508 g/mol. The summed E-state index contributed by atoms with van der Waals surface area (Å²) in [5.74, 6) is -1.68. The summed E-state index contributed by atoms with van der Waals surface area (Å²) in [4.78, 5) is 37.3. The molecule has 0 amide bonds. The van der Waals surface area contributed by atoms with Crippen LogP contribution in [0.2, 0.25) is 0 Å². The third kappa shape index (κ3) is 6.74. The van der Waals surface area contributed by atoms with E-state index in [9.17, 15) is 22.8 Å². The van der Waals surface area contributed by atoms with Crippen LogP contribution in [0.15, 0.2) is 102 Å². The standard InChI is InChI=1S/C27H24O8S/c1-3-23(33-26(29)20-10-6-4-7-11-20)25(34-27(30)21-12-8-5-9-13-21)24(18-28)35-36(31,32)22-16-14-19(2)15-17-22/h3-18,23-25H,1H2,2H3/t23-,24-,25+/m1/s1. The maximum Gasteiger partial charge on any atom is 0.338 e. The lowest BCUT2D eigenvalue weighted by Gasteiger charge is -2.28. The van der Waals surface area contributed by atoms with Gasteiger partial charge in [0.2, 0.25) is 0 Å². The van der Waals surface area contributed by atoms with Gasteiger partial charge in [0.1, 0.15) is 0 Å². The quantitative estimate of drug-likeness (QED) is 0.166. The van der Waals surface area contributed by atoms with Crippen LogP contribution in [0.1, 0.15) is 26.3 Å². The number of aryl methyl sites for hydroxylation is 1. The molecule has 3 aromatic carbocycles. The molecule has 0 N–H and O–H groups in total. The van der Waals surface area contributed by atoms with Gasteiger partial charge in [0.05, 0.1) is 16.0 Å². The summed E-state index contributed by atoms with van der Waals surface area (Å²) in [7, 11) is -4.45. The molecular formula is C27H24O8S. The van der Waals surface area contributed by atoms with E-state index in [4.69, 9.17) is 13.7 Å². The van der Waals surface area contributed by atoms with Gasteiger partial charge in [0.25, 0.3) is 10.1 Å². The first-order chi connectivity index (χ1) is 17.2. The number of aldehydes is 1. The molecule has 3 atom stereocenters. The summed E-state index contributed by atoms with van der Waals surface area (Å²) in [5, 5.41) is 0. The van der Waals surface area contributed by atoms with E-state index in [2.05, 4.69) is 6.58 Å². The molecule has 0 aliphatic heterocycles. The highest BCUT2D eigenvalue weighted by molar-refractivity contribution is 7.86. The predicted octanol–water partition coefficient (Wildman–Crippen LogP) is 3.91. The second-order valence-corrected chi connectivity index (χ2v) is 9.24. The zero-order valence-electron chi connectivity index (χ0n) is 19.4. The number of rotatable bonds is 11. The number of esters is 2. The number of ether oxygens (including phenoxy) is 2. The van der Waals surface area contributed by atoms with Crippen LogP contribution < -0.4 is 0 Å². The summed E-state index contributed by atoms with van der Waals surface area (Å²) in [6.07, 6.45) is -3.64. The van der Waals surface area contributed by atoms with E-state index in [0.717, 1.165) is 11.6 Å². The fourth-order valence-corrected chi connectivity index (χ4v) is 4.19. The molecule has 3 rings (SSSR count). The van der Waals surface area contributed by atoms with Gasteiger partial charge < -0.3 is 14.3 Å². The zero-order valence-corrected chi connectivity index (χ0v) is 20.2. The topological polar surface area (TPSA) is 113 Å². The molecule has 0 aromatic heterocycles. The third-order valence-corrected chi connectivity index (χ3v) is 6.39. The number of carbonyl (C=O) groups excluding carboxylic acids is 3. The number of hydrogen-bond donors (Lipinski definition) is 0. The van der Waals surface area contributed by atoms with Gasteiger partial charge in [-0.15, -0.1) is 0 Å². The molecule has 0 fully saturated rings. The lowest BCUT2D eigenvalue weighted by molar-refractivity contribution is -0.122. The summed E-state index contributed by atoms with van der Waals surface area (Å²) >= 11 is 0. The molecule has 9 heteroatoms. The Morgan fingerprint density at radius 2 is 1.28 bits per heavy atom. The maximum atomic E-state index is 12.9. The van der Waals surface area contributed by atoms with Crippen molar-refractivity contribution in [3.63, 3.8) is 0 Å². The Morgan fingerprint density at radius 3 is 1.75 bits per heavy atom. The van der Waals surface area contributed by atoms with Crippen LogP contribution in [0, 0.1) is 6.92 Å². The Labute approximate surface area is 209 Å². The molecule has 0 aliphatic carbocycles. The number of carbonyl (C=O) groups is 3. The fraction of sp³-hybridized carbons (Fsp3) is 0.148. The Kier molecular flexibility index (Phi) is 8.88. The zero-order chi connectivity index (χ0) is 26.1. The predicted molar refractivity (Wildman–Crippen MR) is 131 cm³/mol. The van der Waals surface area contributed by atoms with Crippen molar-refractivity contribution < 1.29 is 36.5 Å². The van der Waals surface area contributed by atoms with Crippen LogP contribution in [0.25, 0.3) is 0 Å². The van der Waals surface area contributed by atoms with Crippen molar-refractivity contribution >= 4 is 28.3 Å². The van der Waals surface area contributed by atoms with E-state index in [1.54, 1.807) is 55.5 Å². The first-order valence-electron chi connectivity index (χ1n) is 10.8. The van der Waals surface area contributed by atoms with Crippen molar-refractivity contribution in [3.8, 4) is 0 Å². The molecule has 36 heavy (non-hydrogen) atoms. The average Bonchev–Trinajstić information content (AvgIpc) is 2.90. The van der Waals surface area contributed by atoms with Crippen molar-refractivity contribution in [2.24, 2.45) is 0 Å².